The van der Waals surface area contributed by atoms with E-state index in [4.69, 9.17) is 4.98 Å². The topological polar surface area (TPSA) is 61.6 Å². The first-order chi connectivity index (χ1) is 16.6. The highest BCUT2D eigenvalue weighted by Gasteiger charge is 2.32. The average Bonchev–Trinajstić information content (AvgIpc) is 3.59. The summed E-state index contributed by atoms with van der Waals surface area (Å²) in [7, 11) is 0. The van der Waals surface area contributed by atoms with Crippen molar-refractivity contribution in [2.45, 2.75) is 38.8 Å². The van der Waals surface area contributed by atoms with Gasteiger partial charge in [0.2, 0.25) is 5.95 Å². The molecule has 6 rings (SSSR count). The first-order valence-electron chi connectivity index (χ1n) is 12.2. The second kappa shape index (κ2) is 8.40. The van der Waals surface area contributed by atoms with Crippen LogP contribution in [-0.2, 0) is 0 Å². The Hall–Kier alpha value is -3.45. The van der Waals surface area contributed by atoms with Gasteiger partial charge in [0, 0.05) is 48.9 Å². The van der Waals surface area contributed by atoms with E-state index in [1.54, 1.807) is 6.33 Å². The molecular formula is C27H31N7. The summed E-state index contributed by atoms with van der Waals surface area (Å²) >= 11 is 0. The van der Waals surface area contributed by atoms with E-state index < -0.39 is 0 Å². The van der Waals surface area contributed by atoms with Crippen LogP contribution in [-0.4, -0.2) is 56.7 Å². The number of piperazine rings is 1. The van der Waals surface area contributed by atoms with Gasteiger partial charge in [-0.2, -0.15) is 0 Å². The monoisotopic (exact) mass is 453 g/mol. The summed E-state index contributed by atoms with van der Waals surface area (Å²) in [6, 6.07) is 13.5. The van der Waals surface area contributed by atoms with Gasteiger partial charge in [0.25, 0.3) is 0 Å². The van der Waals surface area contributed by atoms with Crippen molar-refractivity contribution in [3.05, 3.63) is 66.0 Å². The van der Waals surface area contributed by atoms with E-state index in [-0.39, 0.29) is 6.04 Å². The smallest absolute Gasteiger partial charge is 0.213 e. The molecule has 1 aliphatic heterocycles. The lowest BCUT2D eigenvalue weighted by Crippen LogP contribution is -2.48. The third-order valence-electron chi connectivity index (χ3n) is 7.18. The van der Waals surface area contributed by atoms with Gasteiger partial charge in [-0.25, -0.2) is 4.98 Å². The largest absolute Gasteiger partial charge is 0.378 e. The number of aromatic nitrogens is 4. The Balaban J connectivity index is 1.42. The summed E-state index contributed by atoms with van der Waals surface area (Å²) in [4.78, 5) is 10.3. The van der Waals surface area contributed by atoms with Crippen molar-refractivity contribution < 1.29 is 0 Å². The minimum atomic E-state index is 0.0564. The predicted octanol–water partition coefficient (Wildman–Crippen LogP) is 4.69. The summed E-state index contributed by atoms with van der Waals surface area (Å²) in [6.07, 6.45) is 6.40. The van der Waals surface area contributed by atoms with Crippen molar-refractivity contribution >= 4 is 34.3 Å². The number of nitrogens with zero attached hydrogens (tertiary/aromatic N) is 6. The predicted molar refractivity (Wildman–Crippen MR) is 138 cm³/mol. The van der Waals surface area contributed by atoms with Crippen LogP contribution in [0.1, 0.15) is 42.5 Å². The number of para-hydroxylation sites is 1. The lowest BCUT2D eigenvalue weighted by molar-refractivity contribution is 0.247. The molecule has 2 aromatic heterocycles. The Bertz CT molecular complexity index is 1360. The summed E-state index contributed by atoms with van der Waals surface area (Å²) < 4.78 is 2.06. The fourth-order valence-corrected chi connectivity index (χ4v) is 5.22. The van der Waals surface area contributed by atoms with Gasteiger partial charge < -0.3 is 10.2 Å². The molecule has 1 aliphatic carbocycles. The van der Waals surface area contributed by atoms with E-state index in [0.29, 0.717) is 0 Å². The molecule has 0 amide bonds. The molecule has 1 N–H and O–H groups in total. The second-order valence-corrected chi connectivity index (χ2v) is 9.60. The normalized spacial score (nSPS) is 17.9. The molecule has 2 aromatic carbocycles. The standard InChI is InChI=1S/C27H31N7/c1-4-20-7-5-6-8-24(20)29-19(3)22-15-18(2)16-23-25(22)30-27(34-17-28-31-26(23)34)33-13-11-32(12-14-33)21-9-10-21/h4-8,15-17,19,21,29H,1,9-14H2,2-3H3. The van der Waals surface area contributed by atoms with Gasteiger partial charge in [0.15, 0.2) is 5.65 Å². The number of rotatable bonds is 6. The molecule has 0 radical (unpaired) electrons. The van der Waals surface area contributed by atoms with Crippen molar-refractivity contribution in [3.63, 3.8) is 0 Å². The van der Waals surface area contributed by atoms with E-state index in [0.717, 1.165) is 71.5 Å². The van der Waals surface area contributed by atoms with Crippen molar-refractivity contribution in [3.8, 4) is 0 Å². The summed E-state index contributed by atoms with van der Waals surface area (Å²) in [5, 5.41) is 13.5. The van der Waals surface area contributed by atoms with Crippen LogP contribution in [0.3, 0.4) is 0 Å². The van der Waals surface area contributed by atoms with Crippen molar-refractivity contribution in [2.24, 2.45) is 0 Å². The van der Waals surface area contributed by atoms with Crippen molar-refractivity contribution in [1.29, 1.82) is 0 Å². The second-order valence-electron chi connectivity index (χ2n) is 9.60. The van der Waals surface area contributed by atoms with Crippen molar-refractivity contribution in [2.75, 3.05) is 36.4 Å². The lowest BCUT2D eigenvalue weighted by atomic mass is 10.0. The molecule has 2 fully saturated rings. The van der Waals surface area contributed by atoms with E-state index in [9.17, 15) is 0 Å². The van der Waals surface area contributed by atoms with Crippen molar-refractivity contribution in [1.82, 2.24) is 24.5 Å². The van der Waals surface area contributed by atoms with Gasteiger partial charge in [-0.3, -0.25) is 9.30 Å². The Morgan fingerprint density at radius 2 is 1.91 bits per heavy atom. The summed E-state index contributed by atoms with van der Waals surface area (Å²) in [6.45, 7) is 12.4. The molecule has 0 bridgehead atoms. The van der Waals surface area contributed by atoms with Crippen LogP contribution >= 0.6 is 0 Å². The third kappa shape index (κ3) is 3.70. The Morgan fingerprint density at radius 1 is 1.12 bits per heavy atom. The zero-order valence-corrected chi connectivity index (χ0v) is 19.9. The number of aryl methyl sites for hydroxylation is 1. The molecule has 7 nitrogen and oxygen atoms in total. The molecule has 1 saturated carbocycles. The maximum Gasteiger partial charge on any atom is 0.213 e. The van der Waals surface area contributed by atoms with E-state index in [1.807, 2.05) is 18.2 Å². The van der Waals surface area contributed by atoms with Crippen LogP contribution in [0.15, 0.2) is 49.3 Å². The van der Waals surface area contributed by atoms with E-state index in [2.05, 4.69) is 74.4 Å². The highest BCUT2D eigenvalue weighted by Crippen LogP contribution is 2.33. The summed E-state index contributed by atoms with van der Waals surface area (Å²) in [5.74, 6) is 0.937. The average molecular weight is 454 g/mol. The van der Waals surface area contributed by atoms with Crippen LogP contribution in [0.2, 0.25) is 0 Å². The Labute approximate surface area is 200 Å². The van der Waals surface area contributed by atoms with Gasteiger partial charge >= 0.3 is 0 Å². The molecule has 174 valence electrons. The lowest BCUT2D eigenvalue weighted by Gasteiger charge is -2.35. The van der Waals surface area contributed by atoms with Gasteiger partial charge in [0.05, 0.1) is 11.6 Å². The third-order valence-corrected chi connectivity index (χ3v) is 7.18. The Kier molecular flexibility index (Phi) is 5.21. The number of hydrogen-bond acceptors (Lipinski definition) is 6. The zero-order chi connectivity index (χ0) is 23.2. The first kappa shape index (κ1) is 21.1. The molecule has 1 atom stereocenters. The van der Waals surface area contributed by atoms with Gasteiger partial charge in [-0.15, -0.1) is 10.2 Å². The molecule has 4 aromatic rings. The fraction of sp³-hybridized carbons (Fsp3) is 0.370. The Morgan fingerprint density at radius 3 is 2.68 bits per heavy atom. The first-order valence-corrected chi connectivity index (χ1v) is 12.2. The highest BCUT2D eigenvalue weighted by molar-refractivity contribution is 5.95. The minimum absolute atomic E-state index is 0.0564. The van der Waals surface area contributed by atoms with E-state index in [1.165, 1.54) is 18.4 Å². The maximum atomic E-state index is 5.26. The number of fused-ring (bicyclic) bond motifs is 3. The summed E-state index contributed by atoms with van der Waals surface area (Å²) in [5.41, 5.74) is 6.37. The number of benzene rings is 2. The van der Waals surface area contributed by atoms with Crippen LogP contribution in [0, 0.1) is 6.92 Å². The minimum Gasteiger partial charge on any atom is -0.378 e. The molecule has 1 unspecified atom stereocenters. The maximum absolute atomic E-state index is 5.26. The zero-order valence-electron chi connectivity index (χ0n) is 19.9. The number of nitrogens with one attached hydrogen (secondary N) is 1. The molecule has 0 spiro atoms. The van der Waals surface area contributed by atoms with Crippen LogP contribution in [0.4, 0.5) is 11.6 Å². The van der Waals surface area contributed by atoms with Gasteiger partial charge in [0.1, 0.15) is 6.33 Å². The van der Waals surface area contributed by atoms with E-state index >= 15 is 0 Å². The number of hydrogen-bond donors (Lipinski definition) is 1. The quantitative estimate of drug-likeness (QED) is 0.457. The highest BCUT2D eigenvalue weighted by atomic mass is 15.4. The molecule has 7 heteroatoms. The van der Waals surface area contributed by atoms with Crippen LogP contribution < -0.4 is 10.2 Å². The van der Waals surface area contributed by atoms with Crippen LogP contribution in [0.5, 0.6) is 0 Å². The number of anilines is 2. The van der Waals surface area contributed by atoms with Crippen LogP contribution in [0.25, 0.3) is 22.6 Å². The molecule has 34 heavy (non-hydrogen) atoms. The van der Waals surface area contributed by atoms with Gasteiger partial charge in [-0.1, -0.05) is 36.9 Å². The molecule has 3 heterocycles. The molecule has 1 saturated heterocycles. The molecular weight excluding hydrogens is 422 g/mol. The van der Waals surface area contributed by atoms with Gasteiger partial charge in [-0.05, 0) is 49.9 Å². The SMILES string of the molecule is C=Cc1ccccc1NC(C)c1cc(C)cc2c1nc(N1CCN(C3CC3)CC1)n1cnnc21. The molecule has 2 aliphatic rings. The fourth-order valence-electron chi connectivity index (χ4n) is 5.22.